The van der Waals surface area contributed by atoms with Crippen molar-refractivity contribution < 1.29 is 5.11 Å². The first-order valence-corrected chi connectivity index (χ1v) is 4.48. The molecule has 1 aromatic rings. The summed E-state index contributed by atoms with van der Waals surface area (Å²) in [5.41, 5.74) is 7.86. The Morgan fingerprint density at radius 2 is 2.31 bits per heavy atom. The quantitative estimate of drug-likeness (QED) is 0.628. The average Bonchev–Trinajstić information content (AvgIpc) is 2.12. The molecular weight excluding hydrogens is 164 g/mol. The van der Waals surface area contributed by atoms with Gasteiger partial charge in [0.05, 0.1) is 0 Å². The third-order valence-electron chi connectivity index (χ3n) is 2.62. The molecule has 0 saturated heterocycles. The Balaban J connectivity index is 2.56. The fourth-order valence-corrected chi connectivity index (χ4v) is 1.85. The zero-order valence-corrected chi connectivity index (χ0v) is 7.70. The normalized spacial score (nSPS) is 21.4. The number of hydrogen-bond donors (Lipinski definition) is 2. The van der Waals surface area contributed by atoms with Gasteiger partial charge in [-0.25, -0.2) is 0 Å². The molecule has 0 saturated carbocycles. The van der Waals surface area contributed by atoms with Gasteiger partial charge in [-0.3, -0.25) is 0 Å². The van der Waals surface area contributed by atoms with Crippen molar-refractivity contribution in [1.82, 2.24) is 0 Å². The van der Waals surface area contributed by atoms with Gasteiger partial charge in [0.15, 0.2) is 0 Å². The summed E-state index contributed by atoms with van der Waals surface area (Å²) in [5.74, 6) is 0.316. The van der Waals surface area contributed by atoms with E-state index in [9.17, 15) is 5.11 Å². The van der Waals surface area contributed by atoms with Crippen molar-refractivity contribution in [2.24, 2.45) is 5.73 Å². The lowest BCUT2D eigenvalue weighted by atomic mass is 9.97. The van der Waals surface area contributed by atoms with E-state index in [2.05, 4.69) is 4.90 Å². The van der Waals surface area contributed by atoms with Crippen LogP contribution in [0.4, 0.5) is 5.69 Å². The van der Waals surface area contributed by atoms with Crippen LogP contribution in [-0.2, 0) is 0 Å². The van der Waals surface area contributed by atoms with Crippen molar-refractivity contribution in [3.63, 3.8) is 0 Å². The van der Waals surface area contributed by atoms with E-state index in [1.165, 1.54) is 0 Å². The minimum Gasteiger partial charge on any atom is -0.508 e. The number of rotatable bonds is 0. The molecule has 3 heteroatoms. The van der Waals surface area contributed by atoms with Gasteiger partial charge < -0.3 is 15.7 Å². The van der Waals surface area contributed by atoms with Gasteiger partial charge in [-0.1, -0.05) is 6.07 Å². The molecule has 1 atom stereocenters. The summed E-state index contributed by atoms with van der Waals surface area (Å²) in [4.78, 5) is 2.12. The van der Waals surface area contributed by atoms with Crippen LogP contribution in [0, 0.1) is 0 Å². The maximum atomic E-state index is 9.64. The number of nitrogens with zero attached hydrogens (tertiary/aromatic N) is 1. The number of nitrogens with two attached hydrogens (primary N) is 1. The van der Waals surface area contributed by atoms with E-state index in [1.54, 1.807) is 6.07 Å². The van der Waals surface area contributed by atoms with E-state index in [0.717, 1.165) is 24.2 Å². The predicted molar refractivity (Wildman–Crippen MR) is 52.9 cm³/mol. The summed E-state index contributed by atoms with van der Waals surface area (Å²) < 4.78 is 0. The first-order valence-electron chi connectivity index (χ1n) is 4.48. The Morgan fingerprint density at radius 3 is 3.00 bits per heavy atom. The molecule has 0 aromatic heterocycles. The summed E-state index contributed by atoms with van der Waals surface area (Å²) in [6, 6.07) is 5.52. The highest BCUT2D eigenvalue weighted by Gasteiger charge is 2.22. The largest absolute Gasteiger partial charge is 0.508 e. The zero-order valence-electron chi connectivity index (χ0n) is 7.70. The lowest BCUT2D eigenvalue weighted by molar-refractivity contribution is 0.454. The second kappa shape index (κ2) is 2.92. The van der Waals surface area contributed by atoms with Crippen molar-refractivity contribution in [3.8, 4) is 5.75 Å². The van der Waals surface area contributed by atoms with Crippen LogP contribution in [0.5, 0.6) is 5.75 Å². The first-order chi connectivity index (χ1) is 6.20. The van der Waals surface area contributed by atoms with Crippen LogP contribution in [0.2, 0.25) is 0 Å². The lowest BCUT2D eigenvalue weighted by Crippen LogP contribution is -2.30. The van der Waals surface area contributed by atoms with Crippen LogP contribution in [0.1, 0.15) is 18.0 Å². The van der Waals surface area contributed by atoms with Crippen LogP contribution >= 0.6 is 0 Å². The Labute approximate surface area is 77.8 Å². The minimum absolute atomic E-state index is 0.0209. The average molecular weight is 178 g/mol. The van der Waals surface area contributed by atoms with Crippen molar-refractivity contribution in [3.05, 3.63) is 23.8 Å². The molecule has 13 heavy (non-hydrogen) atoms. The van der Waals surface area contributed by atoms with E-state index >= 15 is 0 Å². The van der Waals surface area contributed by atoms with Gasteiger partial charge in [0.25, 0.3) is 0 Å². The van der Waals surface area contributed by atoms with E-state index in [0.29, 0.717) is 5.75 Å². The van der Waals surface area contributed by atoms with Gasteiger partial charge in [0.1, 0.15) is 5.75 Å². The van der Waals surface area contributed by atoms with Gasteiger partial charge in [-0.2, -0.15) is 0 Å². The standard InChI is InChI=1S/C10H14N2O/c1-12-6-5-7(11)10-8(12)3-2-4-9(10)13/h2-4,7,13H,5-6,11H2,1H3. The molecule has 70 valence electrons. The molecule has 1 heterocycles. The molecule has 0 amide bonds. The molecular formula is C10H14N2O. The van der Waals surface area contributed by atoms with Gasteiger partial charge >= 0.3 is 0 Å². The molecule has 2 rings (SSSR count). The maximum Gasteiger partial charge on any atom is 0.122 e. The highest BCUT2D eigenvalue weighted by Crippen LogP contribution is 2.37. The summed E-state index contributed by atoms with van der Waals surface area (Å²) in [6.07, 6.45) is 0.904. The molecule has 1 aliphatic rings. The SMILES string of the molecule is CN1CCC(N)c2c(O)cccc21. The monoisotopic (exact) mass is 178 g/mol. The molecule has 1 unspecified atom stereocenters. The van der Waals surface area contributed by atoms with Crippen LogP contribution in [0.3, 0.4) is 0 Å². The number of fused-ring (bicyclic) bond motifs is 1. The van der Waals surface area contributed by atoms with Gasteiger partial charge in [0.2, 0.25) is 0 Å². The molecule has 0 spiro atoms. The second-order valence-electron chi connectivity index (χ2n) is 3.53. The third kappa shape index (κ3) is 1.25. The molecule has 0 aliphatic carbocycles. The Morgan fingerprint density at radius 1 is 1.54 bits per heavy atom. The molecule has 3 nitrogen and oxygen atoms in total. The molecule has 1 aromatic carbocycles. The fraction of sp³-hybridized carbons (Fsp3) is 0.400. The second-order valence-corrected chi connectivity index (χ2v) is 3.53. The van der Waals surface area contributed by atoms with Crippen molar-refractivity contribution >= 4 is 5.69 Å². The van der Waals surface area contributed by atoms with Gasteiger partial charge in [-0.05, 0) is 18.6 Å². The lowest BCUT2D eigenvalue weighted by Gasteiger charge is -2.31. The summed E-state index contributed by atoms with van der Waals surface area (Å²) in [5, 5.41) is 9.64. The number of phenols is 1. The first kappa shape index (κ1) is 8.38. The number of aromatic hydroxyl groups is 1. The highest BCUT2D eigenvalue weighted by molar-refractivity contribution is 5.61. The van der Waals surface area contributed by atoms with Crippen molar-refractivity contribution in [2.45, 2.75) is 12.5 Å². The van der Waals surface area contributed by atoms with Crippen molar-refractivity contribution in [1.29, 1.82) is 0 Å². The fourth-order valence-electron chi connectivity index (χ4n) is 1.85. The highest BCUT2D eigenvalue weighted by atomic mass is 16.3. The summed E-state index contributed by atoms with van der Waals surface area (Å²) in [6.45, 7) is 0.956. The predicted octanol–water partition coefficient (Wildman–Crippen LogP) is 1.23. The number of hydrogen-bond acceptors (Lipinski definition) is 3. The maximum absolute atomic E-state index is 9.64. The van der Waals surface area contributed by atoms with Crippen LogP contribution in [0.25, 0.3) is 0 Å². The summed E-state index contributed by atoms with van der Waals surface area (Å²) >= 11 is 0. The van der Waals surface area contributed by atoms with Gasteiger partial charge in [0, 0.05) is 30.9 Å². The summed E-state index contributed by atoms with van der Waals surface area (Å²) in [7, 11) is 2.02. The molecule has 0 radical (unpaired) electrons. The van der Waals surface area contributed by atoms with E-state index in [1.807, 2.05) is 19.2 Å². The van der Waals surface area contributed by atoms with E-state index in [-0.39, 0.29) is 6.04 Å². The van der Waals surface area contributed by atoms with Crippen molar-refractivity contribution in [2.75, 3.05) is 18.5 Å². The van der Waals surface area contributed by atoms with E-state index in [4.69, 9.17) is 5.73 Å². The minimum atomic E-state index is -0.0209. The van der Waals surface area contributed by atoms with Crippen LogP contribution < -0.4 is 10.6 Å². The molecule has 0 fully saturated rings. The number of phenolic OH excluding ortho intramolecular Hbond substituents is 1. The zero-order chi connectivity index (χ0) is 9.42. The Bertz CT molecular complexity index is 325. The number of anilines is 1. The molecule has 3 N–H and O–H groups in total. The molecule has 1 aliphatic heterocycles. The van der Waals surface area contributed by atoms with Gasteiger partial charge in [-0.15, -0.1) is 0 Å². The van der Waals surface area contributed by atoms with Crippen LogP contribution in [0.15, 0.2) is 18.2 Å². The Kier molecular flexibility index (Phi) is 1.88. The number of benzene rings is 1. The van der Waals surface area contributed by atoms with Crippen LogP contribution in [-0.4, -0.2) is 18.7 Å². The third-order valence-corrected chi connectivity index (χ3v) is 2.62. The Hall–Kier alpha value is -1.22. The molecule has 0 bridgehead atoms. The van der Waals surface area contributed by atoms with E-state index < -0.39 is 0 Å². The smallest absolute Gasteiger partial charge is 0.122 e. The topological polar surface area (TPSA) is 49.5 Å².